The molecule has 1 aromatic heterocycles. The molecule has 1 heterocycles. The molecule has 0 aliphatic rings. The predicted molar refractivity (Wildman–Crippen MR) is 61.9 cm³/mol. The zero-order valence-electron chi connectivity index (χ0n) is 9.23. The molecule has 0 saturated carbocycles. The second kappa shape index (κ2) is 6.58. The lowest BCUT2D eigenvalue weighted by Gasteiger charge is -2.04. The van der Waals surface area contributed by atoms with Gasteiger partial charge in [-0.05, 0) is 23.9 Å². The molecule has 0 atom stereocenters. The SMILES string of the molecule is C=C(CC)CSc1nnnn1CCNC. The van der Waals surface area contributed by atoms with Crippen LogP contribution in [0.2, 0.25) is 0 Å². The molecule has 1 rings (SSSR count). The molecule has 0 aromatic carbocycles. The fourth-order valence-corrected chi connectivity index (χ4v) is 1.83. The lowest BCUT2D eigenvalue weighted by molar-refractivity contribution is 0.530. The average molecular weight is 227 g/mol. The van der Waals surface area contributed by atoms with Gasteiger partial charge in [0, 0.05) is 12.3 Å². The van der Waals surface area contributed by atoms with Gasteiger partial charge in [-0.3, -0.25) is 0 Å². The van der Waals surface area contributed by atoms with E-state index in [4.69, 9.17) is 0 Å². The van der Waals surface area contributed by atoms with Gasteiger partial charge in [-0.2, -0.15) is 0 Å². The smallest absolute Gasteiger partial charge is 0.209 e. The van der Waals surface area contributed by atoms with Gasteiger partial charge in [-0.15, -0.1) is 5.10 Å². The van der Waals surface area contributed by atoms with Gasteiger partial charge in [0.25, 0.3) is 0 Å². The Kier molecular flexibility index (Phi) is 5.34. The summed E-state index contributed by atoms with van der Waals surface area (Å²) in [4.78, 5) is 0. The van der Waals surface area contributed by atoms with Crippen LogP contribution in [-0.2, 0) is 6.54 Å². The van der Waals surface area contributed by atoms with Gasteiger partial charge < -0.3 is 5.32 Å². The third-order valence-electron chi connectivity index (χ3n) is 1.98. The number of hydrogen-bond donors (Lipinski definition) is 1. The summed E-state index contributed by atoms with van der Waals surface area (Å²) in [5.74, 6) is 0.885. The molecule has 0 aliphatic heterocycles. The van der Waals surface area contributed by atoms with Crippen molar-refractivity contribution < 1.29 is 0 Å². The summed E-state index contributed by atoms with van der Waals surface area (Å²) < 4.78 is 1.81. The van der Waals surface area contributed by atoms with E-state index < -0.39 is 0 Å². The molecule has 0 radical (unpaired) electrons. The highest BCUT2D eigenvalue weighted by atomic mass is 32.2. The van der Waals surface area contributed by atoms with Gasteiger partial charge in [0.1, 0.15) is 0 Å². The quantitative estimate of drug-likeness (QED) is 0.555. The molecular weight excluding hydrogens is 210 g/mol. The van der Waals surface area contributed by atoms with E-state index >= 15 is 0 Å². The number of rotatable bonds is 7. The van der Waals surface area contributed by atoms with Crippen molar-refractivity contribution in [3.8, 4) is 0 Å². The summed E-state index contributed by atoms with van der Waals surface area (Å²) in [5, 5.41) is 15.5. The molecule has 5 nitrogen and oxygen atoms in total. The van der Waals surface area contributed by atoms with Crippen LogP contribution >= 0.6 is 11.8 Å². The van der Waals surface area contributed by atoms with Crippen LogP contribution in [0.5, 0.6) is 0 Å². The first-order chi connectivity index (χ1) is 7.27. The maximum Gasteiger partial charge on any atom is 0.209 e. The fraction of sp³-hybridized carbons (Fsp3) is 0.667. The number of likely N-dealkylation sites (N-methyl/N-ethyl adjacent to an activating group) is 1. The van der Waals surface area contributed by atoms with Crippen LogP contribution in [0, 0.1) is 0 Å². The second-order valence-corrected chi connectivity index (χ2v) is 4.12. The van der Waals surface area contributed by atoms with Gasteiger partial charge in [0.05, 0.1) is 6.54 Å². The van der Waals surface area contributed by atoms with Gasteiger partial charge in [0.2, 0.25) is 5.16 Å². The van der Waals surface area contributed by atoms with Crippen LogP contribution in [0.1, 0.15) is 13.3 Å². The Labute approximate surface area is 94.3 Å². The number of nitrogens with zero attached hydrogens (tertiary/aromatic N) is 4. The van der Waals surface area contributed by atoms with Crippen LogP contribution in [0.4, 0.5) is 0 Å². The molecule has 0 bridgehead atoms. The van der Waals surface area contributed by atoms with Crippen molar-refractivity contribution in [2.24, 2.45) is 0 Å². The Balaban J connectivity index is 2.45. The van der Waals surface area contributed by atoms with E-state index in [2.05, 4.69) is 34.3 Å². The minimum absolute atomic E-state index is 0.796. The highest BCUT2D eigenvalue weighted by Gasteiger charge is 2.06. The normalized spacial score (nSPS) is 10.5. The van der Waals surface area contributed by atoms with Crippen molar-refractivity contribution in [2.75, 3.05) is 19.3 Å². The molecule has 84 valence electrons. The maximum absolute atomic E-state index is 3.97. The summed E-state index contributed by atoms with van der Waals surface area (Å²) in [7, 11) is 1.91. The molecule has 1 N–H and O–H groups in total. The standard InChI is InChI=1S/C9H17N5S/c1-4-8(2)7-15-9-11-12-13-14(9)6-5-10-3/h10H,2,4-7H2,1,3H3. The third-order valence-corrected chi connectivity index (χ3v) is 3.08. The van der Waals surface area contributed by atoms with Gasteiger partial charge in [-0.25, -0.2) is 4.68 Å². The summed E-state index contributed by atoms with van der Waals surface area (Å²) in [6, 6.07) is 0. The minimum atomic E-state index is 0.796. The predicted octanol–water partition coefficient (Wildman–Crippen LogP) is 0.951. The monoisotopic (exact) mass is 227 g/mol. The van der Waals surface area contributed by atoms with E-state index in [0.29, 0.717) is 0 Å². The van der Waals surface area contributed by atoms with Crippen LogP contribution < -0.4 is 5.32 Å². The van der Waals surface area contributed by atoms with E-state index in [1.165, 1.54) is 5.57 Å². The lowest BCUT2D eigenvalue weighted by Crippen LogP contribution is -2.16. The Morgan fingerprint density at radius 1 is 1.60 bits per heavy atom. The van der Waals surface area contributed by atoms with Crippen molar-refractivity contribution >= 4 is 11.8 Å². The van der Waals surface area contributed by atoms with Crippen LogP contribution in [-0.4, -0.2) is 39.6 Å². The molecule has 15 heavy (non-hydrogen) atoms. The van der Waals surface area contributed by atoms with Gasteiger partial charge >= 0.3 is 0 Å². The van der Waals surface area contributed by atoms with Crippen molar-refractivity contribution in [3.05, 3.63) is 12.2 Å². The molecule has 0 amide bonds. The van der Waals surface area contributed by atoms with Crippen LogP contribution in [0.15, 0.2) is 17.3 Å². The first-order valence-electron chi connectivity index (χ1n) is 4.98. The summed E-state index contributed by atoms with van der Waals surface area (Å²) in [6.45, 7) is 7.72. The molecule has 0 saturated heterocycles. The highest BCUT2D eigenvalue weighted by molar-refractivity contribution is 7.99. The summed E-state index contributed by atoms with van der Waals surface area (Å²) in [6.07, 6.45) is 1.01. The molecule has 0 fully saturated rings. The summed E-state index contributed by atoms with van der Waals surface area (Å²) >= 11 is 1.64. The van der Waals surface area contributed by atoms with Crippen molar-refractivity contribution in [3.63, 3.8) is 0 Å². The molecular formula is C9H17N5S. The number of hydrogen-bond acceptors (Lipinski definition) is 5. The number of aromatic nitrogens is 4. The second-order valence-electron chi connectivity index (χ2n) is 3.18. The van der Waals surface area contributed by atoms with Gasteiger partial charge in [-0.1, -0.05) is 30.8 Å². The topological polar surface area (TPSA) is 55.6 Å². The van der Waals surface area contributed by atoms with E-state index in [1.54, 1.807) is 11.8 Å². The zero-order valence-corrected chi connectivity index (χ0v) is 10.0. The molecule has 0 spiro atoms. The van der Waals surface area contributed by atoms with Gasteiger partial charge in [0.15, 0.2) is 0 Å². The Bertz CT molecular complexity index is 309. The van der Waals surface area contributed by atoms with Crippen LogP contribution in [0.25, 0.3) is 0 Å². The third kappa shape index (κ3) is 4.01. The first kappa shape index (κ1) is 12.2. The summed E-state index contributed by atoms with van der Waals surface area (Å²) in [5.41, 5.74) is 1.21. The maximum atomic E-state index is 3.97. The number of tetrazole rings is 1. The van der Waals surface area contributed by atoms with E-state index in [0.717, 1.165) is 30.4 Å². The molecule has 0 aliphatic carbocycles. The largest absolute Gasteiger partial charge is 0.318 e. The fourth-order valence-electron chi connectivity index (χ4n) is 0.927. The first-order valence-corrected chi connectivity index (χ1v) is 5.96. The van der Waals surface area contributed by atoms with Crippen molar-refractivity contribution in [1.29, 1.82) is 0 Å². The average Bonchev–Trinajstić information content (AvgIpc) is 2.70. The molecule has 0 unspecified atom stereocenters. The van der Waals surface area contributed by atoms with Crippen molar-refractivity contribution in [2.45, 2.75) is 25.0 Å². The van der Waals surface area contributed by atoms with Crippen molar-refractivity contribution in [1.82, 2.24) is 25.5 Å². The highest BCUT2D eigenvalue weighted by Crippen LogP contribution is 2.17. The number of thioether (sulfide) groups is 1. The van der Waals surface area contributed by atoms with E-state index in [9.17, 15) is 0 Å². The van der Waals surface area contributed by atoms with E-state index in [-0.39, 0.29) is 0 Å². The zero-order chi connectivity index (χ0) is 11.1. The lowest BCUT2D eigenvalue weighted by atomic mass is 10.3. The Morgan fingerprint density at radius 3 is 3.07 bits per heavy atom. The Morgan fingerprint density at radius 2 is 2.40 bits per heavy atom. The minimum Gasteiger partial charge on any atom is -0.318 e. The van der Waals surface area contributed by atoms with Crippen LogP contribution in [0.3, 0.4) is 0 Å². The molecule has 1 aromatic rings. The van der Waals surface area contributed by atoms with E-state index in [1.807, 2.05) is 11.7 Å². The Hall–Kier alpha value is -0.880. The number of nitrogens with one attached hydrogen (secondary N) is 1. The molecule has 6 heteroatoms.